The molecule has 1 aliphatic carbocycles. The van der Waals surface area contributed by atoms with Crippen LogP contribution in [0.2, 0.25) is 0 Å². The molecule has 0 amide bonds. The van der Waals surface area contributed by atoms with E-state index in [0.717, 1.165) is 27.7 Å². The van der Waals surface area contributed by atoms with Crippen molar-refractivity contribution in [1.82, 2.24) is 19.7 Å². The summed E-state index contributed by atoms with van der Waals surface area (Å²) in [5, 5.41) is 9.26. The molecule has 1 saturated carbocycles. The van der Waals surface area contributed by atoms with Gasteiger partial charge in [0.15, 0.2) is 0 Å². The fourth-order valence-electron chi connectivity index (χ4n) is 2.53. The average Bonchev–Trinajstić information content (AvgIpc) is 3.31. The number of aromatic nitrogens is 4. The molecule has 3 aromatic heterocycles. The first-order valence-electron chi connectivity index (χ1n) is 7.53. The van der Waals surface area contributed by atoms with Gasteiger partial charge in [0.1, 0.15) is 11.6 Å². The molecular weight excluding hydrogens is 288 g/mol. The van der Waals surface area contributed by atoms with E-state index in [1.54, 1.807) is 18.6 Å². The molecule has 23 heavy (non-hydrogen) atoms. The number of anilines is 2. The van der Waals surface area contributed by atoms with Crippen LogP contribution in [0.4, 0.5) is 11.6 Å². The van der Waals surface area contributed by atoms with Gasteiger partial charge in [-0.2, -0.15) is 5.10 Å². The smallest absolute Gasteiger partial charge is 0.135 e. The van der Waals surface area contributed by atoms with Crippen LogP contribution in [0.1, 0.15) is 30.0 Å². The molecule has 0 spiro atoms. The van der Waals surface area contributed by atoms with Crippen LogP contribution in [0.3, 0.4) is 0 Å². The fraction of sp³-hybridized carbons (Fsp3) is 0.235. The molecule has 3 N–H and O–H groups in total. The average molecular weight is 304 g/mol. The van der Waals surface area contributed by atoms with Crippen molar-refractivity contribution in [3.05, 3.63) is 42.0 Å². The van der Waals surface area contributed by atoms with Crippen molar-refractivity contribution < 1.29 is 0 Å². The number of nitrogens with zero attached hydrogens (tertiary/aromatic N) is 4. The van der Waals surface area contributed by atoms with Crippen LogP contribution in [-0.2, 0) is 0 Å². The van der Waals surface area contributed by atoms with Gasteiger partial charge < -0.3 is 11.1 Å². The highest BCUT2D eigenvalue weighted by molar-refractivity contribution is 5.96. The fourth-order valence-corrected chi connectivity index (χ4v) is 2.53. The van der Waals surface area contributed by atoms with Gasteiger partial charge in [0.25, 0.3) is 0 Å². The first-order valence-corrected chi connectivity index (χ1v) is 7.53. The van der Waals surface area contributed by atoms with Crippen LogP contribution >= 0.6 is 0 Å². The minimum Gasteiger partial charge on any atom is -0.384 e. The summed E-state index contributed by atoms with van der Waals surface area (Å²) in [7, 11) is 1.83. The largest absolute Gasteiger partial charge is 0.384 e. The molecule has 3 heterocycles. The van der Waals surface area contributed by atoms with Gasteiger partial charge in [0.2, 0.25) is 0 Å². The Kier molecular flexibility index (Phi) is 3.12. The first-order chi connectivity index (χ1) is 11.2. The molecule has 0 bridgehead atoms. The van der Waals surface area contributed by atoms with Gasteiger partial charge in [-0.25, -0.2) is 9.97 Å². The highest BCUT2D eigenvalue weighted by Gasteiger charge is 2.23. The van der Waals surface area contributed by atoms with Crippen molar-refractivity contribution >= 4 is 22.4 Å². The Morgan fingerprint density at radius 3 is 2.83 bits per heavy atom. The van der Waals surface area contributed by atoms with Crippen molar-refractivity contribution in [3.8, 4) is 11.8 Å². The lowest BCUT2D eigenvalue weighted by molar-refractivity contribution is 0.641. The maximum Gasteiger partial charge on any atom is 0.135 e. The summed E-state index contributed by atoms with van der Waals surface area (Å²) in [4.78, 5) is 8.54. The third-order valence-corrected chi connectivity index (χ3v) is 3.89. The number of nitrogens with two attached hydrogens (primary N) is 1. The van der Waals surface area contributed by atoms with Gasteiger partial charge in [0, 0.05) is 36.4 Å². The maximum atomic E-state index is 5.82. The zero-order valence-corrected chi connectivity index (χ0v) is 12.7. The van der Waals surface area contributed by atoms with E-state index in [1.807, 2.05) is 24.0 Å². The van der Waals surface area contributed by atoms with Crippen LogP contribution in [0.15, 0.2) is 30.9 Å². The van der Waals surface area contributed by atoms with Crippen LogP contribution in [0.25, 0.3) is 10.8 Å². The summed E-state index contributed by atoms with van der Waals surface area (Å²) in [5.74, 6) is 7.57. The monoisotopic (exact) mass is 304 g/mol. The van der Waals surface area contributed by atoms with E-state index in [0.29, 0.717) is 11.9 Å². The number of nitrogens with one attached hydrogen (secondary N) is 1. The lowest BCUT2D eigenvalue weighted by atomic mass is 10.1. The molecule has 0 aromatic carbocycles. The number of pyridine rings is 2. The van der Waals surface area contributed by atoms with E-state index in [2.05, 4.69) is 32.2 Å². The van der Waals surface area contributed by atoms with Crippen LogP contribution in [0, 0.1) is 11.8 Å². The minimum atomic E-state index is 0.468. The van der Waals surface area contributed by atoms with Crippen molar-refractivity contribution in [3.63, 3.8) is 0 Å². The molecule has 0 atom stereocenters. The zero-order chi connectivity index (χ0) is 15.8. The highest BCUT2D eigenvalue weighted by Crippen LogP contribution is 2.33. The quantitative estimate of drug-likeness (QED) is 0.709. The van der Waals surface area contributed by atoms with Crippen molar-refractivity contribution in [1.29, 1.82) is 0 Å². The van der Waals surface area contributed by atoms with E-state index >= 15 is 0 Å². The Balaban J connectivity index is 1.76. The van der Waals surface area contributed by atoms with E-state index in [4.69, 9.17) is 5.73 Å². The Bertz CT molecular complexity index is 943. The predicted octanol–water partition coefficient (Wildman–Crippen LogP) is 2.18. The summed E-state index contributed by atoms with van der Waals surface area (Å²) in [6.45, 7) is 0. The van der Waals surface area contributed by atoms with Crippen LogP contribution in [0.5, 0.6) is 0 Å². The second-order valence-electron chi connectivity index (χ2n) is 5.62. The maximum absolute atomic E-state index is 5.82. The van der Waals surface area contributed by atoms with Gasteiger partial charge in [-0.1, -0.05) is 11.8 Å². The van der Waals surface area contributed by atoms with Crippen molar-refractivity contribution in [2.45, 2.75) is 18.9 Å². The summed E-state index contributed by atoms with van der Waals surface area (Å²) in [5.41, 5.74) is 7.56. The van der Waals surface area contributed by atoms with Crippen molar-refractivity contribution in [2.24, 2.45) is 0 Å². The van der Waals surface area contributed by atoms with Gasteiger partial charge >= 0.3 is 0 Å². The molecule has 1 aliphatic rings. The SMILES string of the molecule is CNc1ncc(C#Cc2cnn(C3CC3)c2)c2cc(N)ncc12. The Labute approximate surface area is 133 Å². The number of fused-ring (bicyclic) bond motifs is 1. The molecule has 114 valence electrons. The molecule has 3 aromatic rings. The summed E-state index contributed by atoms with van der Waals surface area (Å²) >= 11 is 0. The van der Waals surface area contributed by atoms with Crippen molar-refractivity contribution in [2.75, 3.05) is 18.1 Å². The summed E-state index contributed by atoms with van der Waals surface area (Å²) in [6.07, 6.45) is 9.70. The van der Waals surface area contributed by atoms with Gasteiger partial charge in [-0.3, -0.25) is 4.68 Å². The topological polar surface area (TPSA) is 81.7 Å². The third-order valence-electron chi connectivity index (χ3n) is 3.89. The predicted molar refractivity (Wildman–Crippen MR) is 90.0 cm³/mol. The van der Waals surface area contributed by atoms with E-state index in [-0.39, 0.29) is 0 Å². The molecule has 0 saturated heterocycles. The summed E-state index contributed by atoms with van der Waals surface area (Å²) in [6, 6.07) is 2.39. The lowest BCUT2D eigenvalue weighted by Crippen LogP contribution is -1.97. The Morgan fingerprint density at radius 2 is 2.04 bits per heavy atom. The molecule has 0 unspecified atom stereocenters. The second kappa shape index (κ2) is 5.29. The second-order valence-corrected chi connectivity index (χ2v) is 5.62. The van der Waals surface area contributed by atoms with E-state index < -0.39 is 0 Å². The molecule has 1 fully saturated rings. The molecule has 4 rings (SSSR count). The van der Waals surface area contributed by atoms with E-state index in [1.165, 1.54) is 12.8 Å². The van der Waals surface area contributed by atoms with Gasteiger partial charge in [-0.05, 0) is 18.9 Å². The third kappa shape index (κ3) is 2.57. The number of rotatable bonds is 2. The lowest BCUT2D eigenvalue weighted by Gasteiger charge is -2.06. The van der Waals surface area contributed by atoms with Crippen LogP contribution in [-0.4, -0.2) is 26.8 Å². The normalized spacial score (nSPS) is 13.6. The summed E-state index contributed by atoms with van der Waals surface area (Å²) < 4.78 is 1.99. The van der Waals surface area contributed by atoms with Gasteiger partial charge in [-0.15, -0.1) is 0 Å². The Morgan fingerprint density at radius 1 is 1.17 bits per heavy atom. The van der Waals surface area contributed by atoms with Crippen LogP contribution < -0.4 is 11.1 Å². The minimum absolute atomic E-state index is 0.468. The standard InChI is InChI=1S/C17H16N6/c1-19-17-15-9-20-16(18)6-14(15)12(8-21-17)3-2-11-7-22-23(10-11)13-4-5-13/h6-10,13H,4-5H2,1H3,(H2,18,20)(H,19,21). The molecule has 6 nitrogen and oxygen atoms in total. The van der Waals surface area contributed by atoms with Gasteiger partial charge in [0.05, 0.1) is 23.4 Å². The molecule has 0 radical (unpaired) electrons. The Hall–Kier alpha value is -3.07. The number of hydrogen-bond donors (Lipinski definition) is 2. The number of nitrogen functional groups attached to an aromatic ring is 1. The zero-order valence-electron chi connectivity index (χ0n) is 12.7. The first kappa shape index (κ1) is 13.6. The molecular formula is C17H16N6. The number of hydrogen-bond acceptors (Lipinski definition) is 5. The van der Waals surface area contributed by atoms with E-state index in [9.17, 15) is 0 Å². The molecule has 0 aliphatic heterocycles. The molecule has 6 heteroatoms. The highest BCUT2D eigenvalue weighted by atomic mass is 15.3.